The summed E-state index contributed by atoms with van der Waals surface area (Å²) in [5.74, 6) is -0.455. The van der Waals surface area contributed by atoms with Crippen LogP contribution in [-0.4, -0.2) is 46.9 Å². The minimum Gasteiger partial charge on any atom is -0.462 e. The number of nitrogens with one attached hydrogen (secondary N) is 1. The molecule has 0 aliphatic heterocycles. The maximum absolute atomic E-state index is 13.2. The number of carbonyl (C=O) groups excluding carboxylic acids is 2. The molecule has 0 aromatic rings. The molecule has 0 rings (SSSR count). The van der Waals surface area contributed by atoms with Crippen molar-refractivity contribution in [3.8, 4) is 0 Å². The Morgan fingerprint density at radius 1 is 0.439 bits per heavy atom. The second kappa shape index (κ2) is 45.9. The number of unbranched alkanes of at least 4 members (excludes halogenated alkanes) is 35. The summed E-state index contributed by atoms with van der Waals surface area (Å²) in [5, 5.41) is 23.8. The van der Waals surface area contributed by atoms with Crippen molar-refractivity contribution in [2.75, 3.05) is 6.61 Å². The van der Waals surface area contributed by atoms with E-state index in [2.05, 4.69) is 26.1 Å². The van der Waals surface area contributed by atoms with Gasteiger partial charge in [-0.15, -0.1) is 0 Å². The van der Waals surface area contributed by atoms with Crippen LogP contribution in [0, 0.1) is 0 Å². The summed E-state index contributed by atoms with van der Waals surface area (Å²) in [5.41, 5.74) is 0. The first-order chi connectivity index (χ1) is 28.0. The van der Waals surface area contributed by atoms with E-state index in [1.54, 1.807) is 0 Å². The zero-order valence-electron chi connectivity index (χ0n) is 38.8. The molecule has 0 saturated heterocycles. The molecule has 0 bridgehead atoms. The molecule has 0 radical (unpaired) electrons. The highest BCUT2D eigenvalue weighted by Crippen LogP contribution is 2.19. The molecule has 0 aromatic carbocycles. The molecule has 0 aliphatic rings. The van der Waals surface area contributed by atoms with Crippen molar-refractivity contribution in [3.05, 3.63) is 0 Å². The molecule has 3 atom stereocenters. The molecule has 1 amide bonds. The van der Waals surface area contributed by atoms with Crippen molar-refractivity contribution < 1.29 is 24.5 Å². The van der Waals surface area contributed by atoms with Crippen molar-refractivity contribution in [3.63, 3.8) is 0 Å². The van der Waals surface area contributed by atoms with E-state index >= 15 is 0 Å². The summed E-state index contributed by atoms with van der Waals surface area (Å²) in [6.07, 6.45) is 48.8. The summed E-state index contributed by atoms with van der Waals surface area (Å²) >= 11 is 0. The quantitative estimate of drug-likeness (QED) is 0.0420. The van der Waals surface area contributed by atoms with Gasteiger partial charge < -0.3 is 20.3 Å². The van der Waals surface area contributed by atoms with Gasteiger partial charge in [-0.2, -0.15) is 0 Å². The van der Waals surface area contributed by atoms with E-state index in [4.69, 9.17) is 4.74 Å². The van der Waals surface area contributed by atoms with Gasteiger partial charge in [-0.3, -0.25) is 9.59 Å². The van der Waals surface area contributed by atoms with Crippen molar-refractivity contribution >= 4 is 11.9 Å². The van der Waals surface area contributed by atoms with Gasteiger partial charge >= 0.3 is 5.97 Å². The second-order valence-corrected chi connectivity index (χ2v) is 17.9. The number of ether oxygens (including phenoxy) is 1. The number of carbonyl (C=O) groups is 2. The van der Waals surface area contributed by atoms with Crippen LogP contribution in [0.3, 0.4) is 0 Å². The normalized spacial score (nSPS) is 13.1. The van der Waals surface area contributed by atoms with E-state index in [0.717, 1.165) is 44.9 Å². The number of hydrogen-bond donors (Lipinski definition) is 3. The van der Waals surface area contributed by atoms with Gasteiger partial charge in [0.2, 0.25) is 5.91 Å². The topological polar surface area (TPSA) is 95.9 Å². The van der Waals surface area contributed by atoms with E-state index in [1.807, 2.05) is 0 Å². The number of rotatable bonds is 47. The molecular weight excluding hydrogens is 707 g/mol. The fraction of sp³-hybridized carbons (Fsp3) is 0.961. The van der Waals surface area contributed by atoms with Crippen molar-refractivity contribution in [1.82, 2.24) is 5.32 Å². The van der Waals surface area contributed by atoms with Crippen LogP contribution in [0.5, 0.6) is 0 Å². The SMILES string of the molecule is CCCCCCCCCCCCCCCCCCCC(O)C(CO)NC(=O)CC(CCCCCCCCCCCCC)OC(=O)CCCCCCCCCCCC. The van der Waals surface area contributed by atoms with E-state index < -0.39 is 18.2 Å². The third-order valence-corrected chi connectivity index (χ3v) is 12.2. The number of aliphatic hydroxyl groups excluding tert-OH is 2. The Hall–Kier alpha value is -1.14. The summed E-state index contributed by atoms with van der Waals surface area (Å²) in [4.78, 5) is 26.0. The van der Waals surface area contributed by atoms with Crippen LogP contribution >= 0.6 is 0 Å². The zero-order chi connectivity index (χ0) is 41.7. The third-order valence-electron chi connectivity index (χ3n) is 12.2. The number of esters is 1. The maximum Gasteiger partial charge on any atom is 0.306 e. The van der Waals surface area contributed by atoms with Crippen LogP contribution in [0.2, 0.25) is 0 Å². The average Bonchev–Trinajstić information content (AvgIpc) is 3.20. The van der Waals surface area contributed by atoms with Gasteiger partial charge in [-0.05, 0) is 25.7 Å². The molecule has 6 heteroatoms. The Morgan fingerprint density at radius 3 is 1.07 bits per heavy atom. The Labute approximate surface area is 356 Å². The molecule has 0 saturated carbocycles. The van der Waals surface area contributed by atoms with Crippen molar-refractivity contribution in [1.29, 1.82) is 0 Å². The molecule has 6 nitrogen and oxygen atoms in total. The summed E-state index contributed by atoms with van der Waals surface area (Å²) < 4.78 is 5.91. The smallest absolute Gasteiger partial charge is 0.306 e. The lowest BCUT2D eigenvalue weighted by atomic mass is 10.0. The van der Waals surface area contributed by atoms with Crippen LogP contribution < -0.4 is 5.32 Å². The molecule has 3 unspecified atom stereocenters. The lowest BCUT2D eigenvalue weighted by molar-refractivity contribution is -0.151. The van der Waals surface area contributed by atoms with E-state index in [-0.39, 0.29) is 24.9 Å². The van der Waals surface area contributed by atoms with Gasteiger partial charge in [-0.25, -0.2) is 0 Å². The molecule has 0 aromatic heterocycles. The van der Waals surface area contributed by atoms with Crippen LogP contribution in [0.1, 0.15) is 290 Å². The fourth-order valence-electron chi connectivity index (χ4n) is 8.26. The molecule has 0 fully saturated rings. The highest BCUT2D eigenvalue weighted by atomic mass is 16.5. The lowest BCUT2D eigenvalue weighted by Gasteiger charge is -2.24. The first-order valence-electron chi connectivity index (χ1n) is 25.8. The maximum atomic E-state index is 13.2. The molecule has 3 N–H and O–H groups in total. The van der Waals surface area contributed by atoms with Gasteiger partial charge in [0.1, 0.15) is 6.10 Å². The highest BCUT2D eigenvalue weighted by molar-refractivity contribution is 5.77. The van der Waals surface area contributed by atoms with Gasteiger partial charge in [0.05, 0.1) is 25.2 Å². The molecular formula is C51H101NO5. The average molecular weight is 808 g/mol. The van der Waals surface area contributed by atoms with Crippen LogP contribution in [0.25, 0.3) is 0 Å². The third kappa shape index (κ3) is 41.4. The van der Waals surface area contributed by atoms with E-state index in [9.17, 15) is 19.8 Å². The standard InChI is InChI=1S/C51H101NO5/c1-4-7-10-13-16-19-22-23-24-25-26-27-29-31-34-37-40-43-49(54)48(46-53)52-50(55)45-47(42-39-36-33-30-28-20-17-14-11-8-5-2)57-51(56)44-41-38-35-32-21-18-15-12-9-6-3/h47-49,53-54H,4-46H2,1-3H3,(H,52,55). The first-order valence-corrected chi connectivity index (χ1v) is 25.8. The Kier molecular flexibility index (Phi) is 45.0. The monoisotopic (exact) mass is 808 g/mol. The Bertz CT molecular complexity index is 821. The number of aliphatic hydroxyl groups is 2. The minimum atomic E-state index is -0.778. The predicted molar refractivity (Wildman–Crippen MR) is 246 cm³/mol. The van der Waals surface area contributed by atoms with E-state index in [0.29, 0.717) is 19.3 Å². The van der Waals surface area contributed by atoms with E-state index in [1.165, 1.54) is 199 Å². The van der Waals surface area contributed by atoms with Gasteiger partial charge in [0.25, 0.3) is 0 Å². The van der Waals surface area contributed by atoms with Gasteiger partial charge in [0.15, 0.2) is 0 Å². The largest absolute Gasteiger partial charge is 0.462 e. The minimum absolute atomic E-state index is 0.0872. The first kappa shape index (κ1) is 55.9. The predicted octanol–water partition coefficient (Wildman–Crippen LogP) is 15.2. The summed E-state index contributed by atoms with van der Waals surface area (Å²) in [6.45, 7) is 6.50. The van der Waals surface area contributed by atoms with Crippen LogP contribution in [-0.2, 0) is 14.3 Å². The molecule has 0 spiro atoms. The van der Waals surface area contributed by atoms with Crippen LogP contribution in [0.15, 0.2) is 0 Å². The number of hydrogen-bond acceptors (Lipinski definition) is 5. The molecule has 340 valence electrons. The second-order valence-electron chi connectivity index (χ2n) is 17.9. The Morgan fingerprint density at radius 2 is 0.737 bits per heavy atom. The lowest BCUT2D eigenvalue weighted by Crippen LogP contribution is -2.46. The Balaban J connectivity index is 4.40. The molecule has 57 heavy (non-hydrogen) atoms. The summed E-state index contributed by atoms with van der Waals surface area (Å²) in [6, 6.07) is -0.691. The number of amides is 1. The molecule has 0 heterocycles. The highest BCUT2D eigenvalue weighted by Gasteiger charge is 2.24. The summed E-state index contributed by atoms with van der Waals surface area (Å²) in [7, 11) is 0. The zero-order valence-corrected chi connectivity index (χ0v) is 38.8. The molecule has 0 aliphatic carbocycles. The van der Waals surface area contributed by atoms with Gasteiger partial charge in [-0.1, -0.05) is 252 Å². The van der Waals surface area contributed by atoms with Crippen molar-refractivity contribution in [2.45, 2.75) is 309 Å². The van der Waals surface area contributed by atoms with Crippen LogP contribution in [0.4, 0.5) is 0 Å². The van der Waals surface area contributed by atoms with Gasteiger partial charge in [0, 0.05) is 6.42 Å². The fourth-order valence-corrected chi connectivity index (χ4v) is 8.26. The van der Waals surface area contributed by atoms with Crippen molar-refractivity contribution in [2.24, 2.45) is 0 Å².